The fraction of sp³-hybridized carbons (Fsp3) is 0.242. The number of ether oxygens (including phenoxy) is 5. The van der Waals surface area contributed by atoms with Crippen LogP contribution in [0, 0.1) is 0 Å². The minimum absolute atomic E-state index is 0.170. The van der Waals surface area contributed by atoms with Crippen LogP contribution in [0.25, 0.3) is 0 Å². The molecule has 0 saturated heterocycles. The lowest BCUT2D eigenvalue weighted by Crippen LogP contribution is -2.45. The zero-order valence-corrected chi connectivity index (χ0v) is 26.1. The average molecular weight is 647 g/mol. The third kappa shape index (κ3) is 8.78. The van der Waals surface area contributed by atoms with Crippen molar-refractivity contribution in [2.24, 2.45) is 5.10 Å². The summed E-state index contributed by atoms with van der Waals surface area (Å²) in [6, 6.07) is 15.0. The molecule has 0 radical (unpaired) electrons. The lowest BCUT2D eigenvalue weighted by atomic mass is 9.95. The highest BCUT2D eigenvalue weighted by atomic mass is 16.5. The molecule has 1 heterocycles. The highest BCUT2D eigenvalue weighted by molar-refractivity contribution is 5.95. The molecule has 4 N–H and O–H groups in total. The summed E-state index contributed by atoms with van der Waals surface area (Å²) in [5, 5.41) is 18.3. The van der Waals surface area contributed by atoms with Crippen molar-refractivity contribution in [1.29, 1.82) is 0 Å². The molecule has 47 heavy (non-hydrogen) atoms. The van der Waals surface area contributed by atoms with Gasteiger partial charge in [0, 0.05) is 5.70 Å². The number of allylic oxidation sites excluding steroid dienone is 1. The molecule has 0 aromatic heterocycles. The number of hydrogen-bond acceptors (Lipinski definition) is 10. The number of rotatable bonds is 14. The Morgan fingerprint density at radius 2 is 1.62 bits per heavy atom. The molecule has 0 saturated carbocycles. The molecule has 3 amide bonds. The van der Waals surface area contributed by atoms with Crippen molar-refractivity contribution in [3.8, 4) is 23.0 Å². The van der Waals surface area contributed by atoms with E-state index in [2.05, 4.69) is 21.2 Å². The van der Waals surface area contributed by atoms with Crippen LogP contribution in [0.1, 0.15) is 46.9 Å². The van der Waals surface area contributed by atoms with Gasteiger partial charge in [0.25, 0.3) is 5.91 Å². The third-order valence-electron chi connectivity index (χ3n) is 6.83. The molecule has 3 aromatic rings. The Morgan fingerprint density at radius 1 is 0.936 bits per heavy atom. The molecule has 14 heteroatoms. The molecule has 0 aliphatic carbocycles. The van der Waals surface area contributed by atoms with Crippen LogP contribution < -0.4 is 35.0 Å². The monoisotopic (exact) mass is 646 g/mol. The second kappa shape index (κ2) is 15.8. The van der Waals surface area contributed by atoms with Gasteiger partial charge in [-0.1, -0.05) is 18.2 Å². The zero-order valence-electron chi connectivity index (χ0n) is 26.1. The molecule has 246 valence electrons. The molecule has 3 aromatic carbocycles. The van der Waals surface area contributed by atoms with Crippen molar-refractivity contribution in [1.82, 2.24) is 16.1 Å². The predicted octanol–water partition coefficient (Wildman–Crippen LogP) is 3.70. The fourth-order valence-electron chi connectivity index (χ4n) is 4.55. The van der Waals surface area contributed by atoms with E-state index in [4.69, 9.17) is 28.8 Å². The molecule has 4 rings (SSSR count). The molecule has 14 nitrogen and oxygen atoms in total. The maximum Gasteiger partial charge on any atom is 0.338 e. The quantitative estimate of drug-likeness (QED) is 0.114. The van der Waals surface area contributed by atoms with E-state index in [1.165, 1.54) is 32.6 Å². The number of carbonyl (C=O) groups is 4. The number of hydrogen-bond donors (Lipinski definition) is 4. The molecule has 1 aliphatic rings. The summed E-state index contributed by atoms with van der Waals surface area (Å²) in [5.41, 5.74) is 5.15. The van der Waals surface area contributed by atoms with E-state index in [0.29, 0.717) is 28.3 Å². The van der Waals surface area contributed by atoms with E-state index in [0.717, 1.165) is 5.56 Å². The first kappa shape index (κ1) is 33.8. The van der Waals surface area contributed by atoms with Crippen molar-refractivity contribution >= 4 is 30.1 Å². The fourth-order valence-corrected chi connectivity index (χ4v) is 4.55. The largest absolute Gasteiger partial charge is 0.493 e. The number of esters is 1. The van der Waals surface area contributed by atoms with E-state index in [9.17, 15) is 19.2 Å². The number of nitrogens with zero attached hydrogens (tertiary/aromatic N) is 1. The number of carboxylic acids is 1. The Bertz CT molecular complexity index is 1700. The molecular weight excluding hydrogens is 612 g/mol. The smallest absolute Gasteiger partial charge is 0.338 e. The van der Waals surface area contributed by atoms with Crippen LogP contribution >= 0.6 is 0 Å². The standard InChI is InChI=1S/C33H34N4O10/c1-5-45-32(41)29-19(2)35-33(42)36-30(29)23-11-13-25(27(15-23)44-4)47-18-28(38)37-34-16-21-8-12-24(26(14-21)43-3)46-17-20-6-9-22(10-7-20)31(39)40/h6-16,30H,5,17-18H2,1-4H3,(H,37,38)(H,39,40)(H2,35,36,42)/b34-16-/t30-/m0/s1. The van der Waals surface area contributed by atoms with Crippen molar-refractivity contribution in [2.75, 3.05) is 27.4 Å². The first-order valence-electron chi connectivity index (χ1n) is 14.3. The van der Waals surface area contributed by atoms with Gasteiger partial charge in [-0.2, -0.15) is 5.10 Å². The van der Waals surface area contributed by atoms with E-state index >= 15 is 0 Å². The summed E-state index contributed by atoms with van der Waals surface area (Å²) >= 11 is 0. The maximum atomic E-state index is 12.6. The Hall–Kier alpha value is -6.05. The van der Waals surface area contributed by atoms with Gasteiger partial charge < -0.3 is 39.4 Å². The summed E-state index contributed by atoms with van der Waals surface area (Å²) in [6.07, 6.45) is 1.42. The van der Waals surface area contributed by atoms with Crippen LogP contribution in [0.2, 0.25) is 0 Å². The highest BCUT2D eigenvalue weighted by Gasteiger charge is 2.32. The molecule has 0 spiro atoms. The summed E-state index contributed by atoms with van der Waals surface area (Å²) in [4.78, 5) is 48.2. The maximum absolute atomic E-state index is 12.6. The number of urea groups is 1. The van der Waals surface area contributed by atoms with Gasteiger partial charge in [0.2, 0.25) is 0 Å². The average Bonchev–Trinajstić information content (AvgIpc) is 3.06. The van der Waals surface area contributed by atoms with Crippen LogP contribution in [0.15, 0.2) is 77.0 Å². The van der Waals surface area contributed by atoms with Crippen LogP contribution in [0.3, 0.4) is 0 Å². The summed E-state index contributed by atoms with van der Waals surface area (Å²) < 4.78 is 27.5. The SMILES string of the molecule is CCOC(=O)C1=C(C)NC(=O)N[C@H]1c1ccc(OCC(=O)N/N=C\c2ccc(OCc3ccc(C(=O)O)cc3)c(OC)c2)c(OC)c1. The van der Waals surface area contributed by atoms with E-state index < -0.39 is 29.9 Å². The van der Waals surface area contributed by atoms with Gasteiger partial charge >= 0.3 is 18.0 Å². The van der Waals surface area contributed by atoms with Crippen molar-refractivity contribution < 1.29 is 48.0 Å². The number of benzene rings is 3. The van der Waals surface area contributed by atoms with Crippen LogP contribution in [-0.2, 0) is 20.9 Å². The zero-order chi connectivity index (χ0) is 33.9. The van der Waals surface area contributed by atoms with Gasteiger partial charge in [0.05, 0.1) is 44.2 Å². The summed E-state index contributed by atoms with van der Waals surface area (Å²) in [5.74, 6) is -0.671. The topological polar surface area (TPSA) is 183 Å². The van der Waals surface area contributed by atoms with Gasteiger partial charge in [-0.15, -0.1) is 0 Å². The Kier molecular flexibility index (Phi) is 11.4. The van der Waals surface area contributed by atoms with Gasteiger partial charge in [0.1, 0.15) is 6.61 Å². The van der Waals surface area contributed by atoms with Crippen molar-refractivity contribution in [2.45, 2.75) is 26.5 Å². The van der Waals surface area contributed by atoms with Gasteiger partial charge in [-0.05, 0) is 73.0 Å². The normalized spacial score (nSPS) is 14.1. The molecule has 0 unspecified atom stereocenters. The molecule has 1 aliphatic heterocycles. The van der Waals surface area contributed by atoms with Crippen molar-refractivity contribution in [3.05, 3.63) is 94.2 Å². The summed E-state index contributed by atoms with van der Waals surface area (Å²) in [7, 11) is 2.91. The predicted molar refractivity (Wildman–Crippen MR) is 169 cm³/mol. The second-order valence-corrected chi connectivity index (χ2v) is 9.98. The Morgan fingerprint density at radius 3 is 2.30 bits per heavy atom. The van der Waals surface area contributed by atoms with E-state index in [1.54, 1.807) is 62.4 Å². The number of aromatic carboxylic acids is 1. The van der Waals surface area contributed by atoms with Crippen LogP contribution in [0.5, 0.6) is 23.0 Å². The minimum atomic E-state index is -1.00. The lowest BCUT2D eigenvalue weighted by Gasteiger charge is -2.28. The van der Waals surface area contributed by atoms with Gasteiger partial charge in [0.15, 0.2) is 29.6 Å². The molecule has 1 atom stereocenters. The van der Waals surface area contributed by atoms with Crippen LogP contribution in [0.4, 0.5) is 4.79 Å². The minimum Gasteiger partial charge on any atom is -0.493 e. The number of nitrogens with one attached hydrogen (secondary N) is 3. The lowest BCUT2D eigenvalue weighted by molar-refractivity contribution is -0.139. The van der Waals surface area contributed by atoms with Gasteiger partial charge in [-0.25, -0.2) is 19.8 Å². The van der Waals surface area contributed by atoms with Gasteiger partial charge in [-0.3, -0.25) is 4.79 Å². The number of carboxylic acid groups (broad SMARTS) is 1. The number of hydrazone groups is 1. The van der Waals surface area contributed by atoms with E-state index in [1.807, 2.05) is 0 Å². The number of methoxy groups -OCH3 is 2. The second-order valence-electron chi connectivity index (χ2n) is 9.98. The first-order chi connectivity index (χ1) is 22.6. The Labute approximate surface area is 270 Å². The number of amides is 3. The highest BCUT2D eigenvalue weighted by Crippen LogP contribution is 2.34. The molecule has 0 fully saturated rings. The third-order valence-corrected chi connectivity index (χ3v) is 6.83. The number of carbonyl (C=O) groups excluding carboxylic acids is 3. The summed E-state index contributed by atoms with van der Waals surface area (Å²) in [6.45, 7) is 3.29. The van der Waals surface area contributed by atoms with E-state index in [-0.39, 0.29) is 42.5 Å². The molecule has 0 bridgehead atoms. The van der Waals surface area contributed by atoms with Crippen LogP contribution in [-0.4, -0.2) is 62.6 Å². The Balaban J connectivity index is 1.34. The molecular formula is C33H34N4O10. The first-order valence-corrected chi connectivity index (χ1v) is 14.3. The van der Waals surface area contributed by atoms with Crippen molar-refractivity contribution in [3.63, 3.8) is 0 Å².